The van der Waals surface area contributed by atoms with Crippen LogP contribution in [0.15, 0.2) is 42.5 Å². The lowest BCUT2D eigenvalue weighted by Gasteiger charge is -2.19. The Bertz CT molecular complexity index is 664. The van der Waals surface area contributed by atoms with Crippen molar-refractivity contribution in [3.8, 4) is 5.75 Å². The number of aryl methyl sites for hydroxylation is 3. The highest BCUT2D eigenvalue weighted by Crippen LogP contribution is 2.22. The molecule has 0 fully saturated rings. The molecule has 2 aromatic rings. The third-order valence-electron chi connectivity index (χ3n) is 3.68. The highest BCUT2D eigenvalue weighted by molar-refractivity contribution is 5.95. The second-order valence-electron chi connectivity index (χ2n) is 5.59. The summed E-state index contributed by atoms with van der Waals surface area (Å²) in [6, 6.07) is 13.8. The fourth-order valence-electron chi connectivity index (χ4n) is 2.24. The number of anilines is 1. The van der Waals surface area contributed by atoms with Gasteiger partial charge in [0.25, 0.3) is 5.91 Å². The summed E-state index contributed by atoms with van der Waals surface area (Å²) in [6.07, 6.45) is 0.116. The SMILES string of the molecule is CCC(Oc1cc(C)ccc1C)C(=O)Nc1ccccc1C. The maximum Gasteiger partial charge on any atom is 0.265 e. The molecule has 0 saturated heterocycles. The molecule has 0 aliphatic heterocycles. The summed E-state index contributed by atoms with van der Waals surface area (Å²) in [5.74, 6) is 0.657. The predicted molar refractivity (Wildman–Crippen MR) is 90.4 cm³/mol. The fourth-order valence-corrected chi connectivity index (χ4v) is 2.24. The van der Waals surface area contributed by atoms with E-state index in [0.717, 1.165) is 28.1 Å². The van der Waals surface area contributed by atoms with Crippen LogP contribution in [0.25, 0.3) is 0 Å². The molecule has 1 N–H and O–H groups in total. The quantitative estimate of drug-likeness (QED) is 0.888. The van der Waals surface area contributed by atoms with Crippen molar-refractivity contribution < 1.29 is 9.53 Å². The average Bonchev–Trinajstić information content (AvgIpc) is 2.50. The van der Waals surface area contributed by atoms with Gasteiger partial charge in [0.15, 0.2) is 6.10 Å². The van der Waals surface area contributed by atoms with Crippen molar-refractivity contribution in [3.05, 3.63) is 59.2 Å². The summed E-state index contributed by atoms with van der Waals surface area (Å²) in [5, 5.41) is 2.95. The average molecular weight is 297 g/mol. The molecule has 2 aromatic carbocycles. The standard InChI is InChI=1S/C19H23NO2/c1-5-17(22-18-12-13(2)10-11-15(18)4)19(21)20-16-9-7-6-8-14(16)3/h6-12,17H,5H2,1-4H3,(H,20,21). The van der Waals surface area contributed by atoms with E-state index in [1.54, 1.807) is 0 Å². The van der Waals surface area contributed by atoms with Crippen molar-refractivity contribution in [3.63, 3.8) is 0 Å². The Kier molecular flexibility index (Phi) is 5.21. The molecule has 2 rings (SSSR count). The summed E-state index contributed by atoms with van der Waals surface area (Å²) in [6.45, 7) is 7.93. The van der Waals surface area contributed by atoms with Crippen LogP contribution in [0.2, 0.25) is 0 Å². The Morgan fingerprint density at radius 2 is 1.82 bits per heavy atom. The number of hydrogen-bond acceptors (Lipinski definition) is 2. The van der Waals surface area contributed by atoms with Crippen LogP contribution in [0.5, 0.6) is 5.75 Å². The molecule has 0 aliphatic carbocycles. The summed E-state index contributed by atoms with van der Waals surface area (Å²) in [5.41, 5.74) is 4.02. The molecule has 1 amide bonds. The molecule has 0 saturated carbocycles. The molecule has 0 bridgehead atoms. The Balaban J connectivity index is 2.12. The van der Waals surface area contributed by atoms with Gasteiger partial charge < -0.3 is 10.1 Å². The fraction of sp³-hybridized carbons (Fsp3) is 0.316. The first-order chi connectivity index (χ1) is 10.5. The molecule has 0 aromatic heterocycles. The minimum atomic E-state index is -0.500. The molecule has 0 aliphatic rings. The molecule has 3 heteroatoms. The molecule has 22 heavy (non-hydrogen) atoms. The number of benzene rings is 2. The van der Waals surface area contributed by atoms with Gasteiger partial charge in [-0.25, -0.2) is 0 Å². The number of carbonyl (C=O) groups excluding carboxylic acids is 1. The summed E-state index contributed by atoms with van der Waals surface area (Å²) < 4.78 is 5.94. The number of carbonyl (C=O) groups is 1. The van der Waals surface area contributed by atoms with E-state index >= 15 is 0 Å². The van der Waals surface area contributed by atoms with Gasteiger partial charge in [-0.15, -0.1) is 0 Å². The largest absolute Gasteiger partial charge is 0.480 e. The van der Waals surface area contributed by atoms with Gasteiger partial charge >= 0.3 is 0 Å². The smallest absolute Gasteiger partial charge is 0.265 e. The Morgan fingerprint density at radius 3 is 2.50 bits per heavy atom. The number of para-hydroxylation sites is 1. The molecule has 116 valence electrons. The molecule has 0 spiro atoms. The molecule has 3 nitrogen and oxygen atoms in total. The normalized spacial score (nSPS) is 11.8. The lowest BCUT2D eigenvalue weighted by molar-refractivity contribution is -0.122. The van der Waals surface area contributed by atoms with Crippen molar-refractivity contribution in [2.24, 2.45) is 0 Å². The number of ether oxygens (including phenoxy) is 1. The van der Waals surface area contributed by atoms with Gasteiger partial charge in [-0.1, -0.05) is 37.3 Å². The molecular formula is C19H23NO2. The van der Waals surface area contributed by atoms with E-state index in [1.165, 1.54) is 0 Å². The first kappa shape index (κ1) is 16.1. The van der Waals surface area contributed by atoms with Crippen molar-refractivity contribution in [1.82, 2.24) is 0 Å². The Hall–Kier alpha value is -2.29. The van der Waals surface area contributed by atoms with Crippen molar-refractivity contribution >= 4 is 11.6 Å². The van der Waals surface area contributed by atoms with Crippen LogP contribution in [0.3, 0.4) is 0 Å². The second kappa shape index (κ2) is 7.12. The van der Waals surface area contributed by atoms with Crippen LogP contribution < -0.4 is 10.1 Å². The summed E-state index contributed by atoms with van der Waals surface area (Å²) in [7, 11) is 0. The summed E-state index contributed by atoms with van der Waals surface area (Å²) >= 11 is 0. The number of amides is 1. The van der Waals surface area contributed by atoms with Crippen LogP contribution in [-0.4, -0.2) is 12.0 Å². The Morgan fingerprint density at radius 1 is 1.09 bits per heavy atom. The molecule has 0 heterocycles. The van der Waals surface area contributed by atoms with E-state index < -0.39 is 6.10 Å². The molecule has 0 radical (unpaired) electrons. The molecule has 1 atom stereocenters. The minimum Gasteiger partial charge on any atom is -0.480 e. The van der Waals surface area contributed by atoms with Gasteiger partial charge in [0.2, 0.25) is 0 Å². The van der Waals surface area contributed by atoms with Gasteiger partial charge in [0.05, 0.1) is 0 Å². The van der Waals surface area contributed by atoms with E-state index in [0.29, 0.717) is 6.42 Å². The van der Waals surface area contributed by atoms with Crippen molar-refractivity contribution in [2.45, 2.75) is 40.2 Å². The molecular weight excluding hydrogens is 274 g/mol. The highest BCUT2D eigenvalue weighted by Gasteiger charge is 2.19. The zero-order valence-corrected chi connectivity index (χ0v) is 13.6. The minimum absolute atomic E-state index is 0.113. The van der Waals surface area contributed by atoms with Crippen molar-refractivity contribution in [1.29, 1.82) is 0 Å². The lowest BCUT2D eigenvalue weighted by Crippen LogP contribution is -2.32. The lowest BCUT2D eigenvalue weighted by atomic mass is 10.1. The number of nitrogens with one attached hydrogen (secondary N) is 1. The van der Waals surface area contributed by atoms with Gasteiger partial charge in [-0.3, -0.25) is 4.79 Å². The van der Waals surface area contributed by atoms with E-state index in [9.17, 15) is 4.79 Å². The van der Waals surface area contributed by atoms with E-state index in [-0.39, 0.29) is 5.91 Å². The zero-order chi connectivity index (χ0) is 16.1. The first-order valence-corrected chi connectivity index (χ1v) is 7.61. The highest BCUT2D eigenvalue weighted by atomic mass is 16.5. The number of rotatable bonds is 5. The maximum atomic E-state index is 12.5. The van der Waals surface area contributed by atoms with Crippen LogP contribution in [0, 0.1) is 20.8 Å². The maximum absolute atomic E-state index is 12.5. The second-order valence-corrected chi connectivity index (χ2v) is 5.59. The summed E-state index contributed by atoms with van der Waals surface area (Å²) in [4.78, 5) is 12.5. The van der Waals surface area contributed by atoms with Gasteiger partial charge in [0.1, 0.15) is 5.75 Å². The van der Waals surface area contributed by atoms with Crippen LogP contribution in [0.1, 0.15) is 30.0 Å². The van der Waals surface area contributed by atoms with Gasteiger partial charge in [0, 0.05) is 5.69 Å². The monoisotopic (exact) mass is 297 g/mol. The third kappa shape index (κ3) is 3.88. The van der Waals surface area contributed by atoms with Crippen LogP contribution in [-0.2, 0) is 4.79 Å². The van der Waals surface area contributed by atoms with Gasteiger partial charge in [-0.2, -0.15) is 0 Å². The van der Waals surface area contributed by atoms with E-state index in [4.69, 9.17) is 4.74 Å². The zero-order valence-electron chi connectivity index (χ0n) is 13.6. The van der Waals surface area contributed by atoms with E-state index in [1.807, 2.05) is 70.2 Å². The predicted octanol–water partition coefficient (Wildman–Crippen LogP) is 4.41. The van der Waals surface area contributed by atoms with E-state index in [2.05, 4.69) is 5.32 Å². The number of hydrogen-bond donors (Lipinski definition) is 1. The van der Waals surface area contributed by atoms with Crippen LogP contribution >= 0.6 is 0 Å². The topological polar surface area (TPSA) is 38.3 Å². The molecule has 1 unspecified atom stereocenters. The van der Waals surface area contributed by atoms with Crippen LogP contribution in [0.4, 0.5) is 5.69 Å². The third-order valence-corrected chi connectivity index (χ3v) is 3.68. The Labute approximate surface area is 132 Å². The van der Waals surface area contributed by atoms with Crippen molar-refractivity contribution in [2.75, 3.05) is 5.32 Å². The van der Waals surface area contributed by atoms with Gasteiger partial charge in [-0.05, 0) is 56.0 Å². The first-order valence-electron chi connectivity index (χ1n) is 7.61.